The molecule has 0 aliphatic heterocycles. The largest absolute Gasteiger partial charge is 0.481 e. The zero-order valence-corrected chi connectivity index (χ0v) is 12.9. The predicted octanol–water partition coefficient (Wildman–Crippen LogP) is 3.81. The first-order valence-electron chi connectivity index (χ1n) is 7.25. The van der Waals surface area contributed by atoms with E-state index in [9.17, 15) is 14.0 Å². The van der Waals surface area contributed by atoms with E-state index < -0.39 is 5.97 Å². The average molecular weight is 323 g/mol. The molecule has 1 heterocycles. The topological polar surface area (TPSA) is 66.4 Å². The predicted molar refractivity (Wildman–Crippen MR) is 84.8 cm³/mol. The first kappa shape index (κ1) is 16.4. The molecular weight excluding hydrogens is 305 g/mol. The van der Waals surface area contributed by atoms with E-state index in [1.807, 2.05) is 0 Å². The lowest BCUT2D eigenvalue weighted by Gasteiger charge is -2.03. The van der Waals surface area contributed by atoms with Crippen LogP contribution < -0.4 is 5.32 Å². The minimum atomic E-state index is -0.769. The van der Waals surface area contributed by atoms with Crippen molar-refractivity contribution in [3.63, 3.8) is 0 Å². The maximum Gasteiger partial charge on any atom is 0.303 e. The van der Waals surface area contributed by atoms with Crippen LogP contribution in [0.3, 0.4) is 0 Å². The number of fused-ring (bicyclic) bond motifs is 1. The lowest BCUT2D eigenvalue weighted by atomic mass is 10.1. The second-order valence-electron chi connectivity index (χ2n) is 5.11. The van der Waals surface area contributed by atoms with Gasteiger partial charge in [-0.05, 0) is 42.5 Å². The van der Waals surface area contributed by atoms with E-state index in [0.717, 1.165) is 29.3 Å². The molecule has 0 fully saturated rings. The molecule has 2 rings (SSSR count). The molecule has 118 valence electrons. The fourth-order valence-electron chi connectivity index (χ4n) is 2.17. The van der Waals surface area contributed by atoms with Crippen molar-refractivity contribution < 1.29 is 19.1 Å². The highest BCUT2D eigenvalue weighted by molar-refractivity contribution is 7.20. The molecule has 0 aliphatic carbocycles. The number of halogens is 1. The lowest BCUT2D eigenvalue weighted by Crippen LogP contribution is -2.23. The number of nitrogens with one attached hydrogen (secondary N) is 1. The van der Waals surface area contributed by atoms with Crippen LogP contribution in [0.15, 0.2) is 24.3 Å². The van der Waals surface area contributed by atoms with Gasteiger partial charge in [0.2, 0.25) is 0 Å². The Labute approximate surface area is 132 Å². The third kappa shape index (κ3) is 4.80. The second-order valence-corrected chi connectivity index (χ2v) is 6.19. The molecule has 0 unspecified atom stereocenters. The van der Waals surface area contributed by atoms with Gasteiger partial charge in [0.25, 0.3) is 5.91 Å². The van der Waals surface area contributed by atoms with Gasteiger partial charge in [-0.15, -0.1) is 11.3 Å². The Bertz CT molecular complexity index is 668. The first-order valence-corrected chi connectivity index (χ1v) is 8.07. The number of carboxylic acids is 1. The van der Waals surface area contributed by atoms with Crippen LogP contribution in [0.2, 0.25) is 0 Å². The van der Waals surface area contributed by atoms with Crippen molar-refractivity contribution in [1.29, 1.82) is 0 Å². The number of benzene rings is 1. The van der Waals surface area contributed by atoms with Crippen LogP contribution in [-0.4, -0.2) is 23.5 Å². The molecule has 0 atom stereocenters. The molecule has 2 aromatic rings. The summed E-state index contributed by atoms with van der Waals surface area (Å²) in [6.45, 7) is 0.564. The number of hydrogen-bond donors (Lipinski definition) is 2. The summed E-state index contributed by atoms with van der Waals surface area (Å²) < 4.78 is 14.0. The Morgan fingerprint density at radius 3 is 2.68 bits per heavy atom. The van der Waals surface area contributed by atoms with Crippen molar-refractivity contribution >= 4 is 33.3 Å². The van der Waals surface area contributed by atoms with Crippen LogP contribution in [0, 0.1) is 5.82 Å². The summed E-state index contributed by atoms with van der Waals surface area (Å²) in [5, 5.41) is 12.1. The normalized spacial score (nSPS) is 10.8. The summed E-state index contributed by atoms with van der Waals surface area (Å²) in [6.07, 6.45) is 3.44. The lowest BCUT2D eigenvalue weighted by molar-refractivity contribution is -0.137. The van der Waals surface area contributed by atoms with Crippen molar-refractivity contribution in [2.45, 2.75) is 32.1 Å². The Morgan fingerprint density at radius 2 is 1.91 bits per heavy atom. The number of unbranched alkanes of at least 4 members (excludes halogenated alkanes) is 3. The number of thiophene rings is 1. The van der Waals surface area contributed by atoms with Gasteiger partial charge in [-0.1, -0.05) is 12.8 Å². The summed E-state index contributed by atoms with van der Waals surface area (Å²) in [4.78, 5) is 22.9. The monoisotopic (exact) mass is 323 g/mol. The SMILES string of the molecule is O=C(O)CCCCCCNC(=O)c1cc2cc(F)ccc2s1. The Hall–Kier alpha value is -1.95. The van der Waals surface area contributed by atoms with Crippen molar-refractivity contribution in [3.05, 3.63) is 35.0 Å². The molecule has 0 aliphatic rings. The molecule has 0 bridgehead atoms. The molecule has 22 heavy (non-hydrogen) atoms. The number of carboxylic acid groups (broad SMARTS) is 1. The number of carbonyl (C=O) groups is 2. The van der Waals surface area contributed by atoms with Crippen LogP contribution >= 0.6 is 11.3 Å². The van der Waals surface area contributed by atoms with Crippen molar-refractivity contribution in [3.8, 4) is 0 Å². The summed E-state index contributed by atoms with van der Waals surface area (Å²) in [6, 6.07) is 6.18. The fraction of sp³-hybridized carbons (Fsp3) is 0.375. The summed E-state index contributed by atoms with van der Waals surface area (Å²) >= 11 is 1.35. The Morgan fingerprint density at radius 1 is 1.14 bits per heavy atom. The molecule has 1 amide bonds. The smallest absolute Gasteiger partial charge is 0.303 e. The second kappa shape index (κ2) is 7.89. The van der Waals surface area contributed by atoms with Gasteiger partial charge in [0.05, 0.1) is 4.88 Å². The van der Waals surface area contributed by atoms with Gasteiger partial charge in [-0.2, -0.15) is 0 Å². The minimum absolute atomic E-state index is 0.146. The molecule has 0 spiro atoms. The fourth-order valence-corrected chi connectivity index (χ4v) is 3.13. The Balaban J connectivity index is 1.73. The standard InChI is InChI=1S/C16H18FNO3S/c17-12-6-7-13-11(9-12)10-14(22-13)16(21)18-8-4-2-1-3-5-15(19)20/h6-7,9-10H,1-5,8H2,(H,18,21)(H,19,20). The zero-order valence-electron chi connectivity index (χ0n) is 12.1. The van der Waals surface area contributed by atoms with Crippen LogP contribution in [0.25, 0.3) is 10.1 Å². The van der Waals surface area contributed by atoms with Crippen molar-refractivity contribution in [1.82, 2.24) is 5.32 Å². The van der Waals surface area contributed by atoms with Crippen molar-refractivity contribution in [2.75, 3.05) is 6.54 Å². The van der Waals surface area contributed by atoms with E-state index in [-0.39, 0.29) is 18.1 Å². The van der Waals surface area contributed by atoms with Gasteiger partial charge >= 0.3 is 5.97 Å². The average Bonchev–Trinajstić information content (AvgIpc) is 2.88. The number of aliphatic carboxylic acids is 1. The first-order chi connectivity index (χ1) is 10.6. The summed E-state index contributed by atoms with van der Waals surface area (Å²) in [5.74, 6) is -1.22. The van der Waals surface area contributed by atoms with E-state index in [2.05, 4.69) is 5.32 Å². The maximum atomic E-state index is 13.1. The van der Waals surface area contributed by atoms with E-state index in [1.165, 1.54) is 23.5 Å². The highest BCUT2D eigenvalue weighted by Gasteiger charge is 2.10. The molecule has 0 saturated carbocycles. The van der Waals surface area contributed by atoms with Crippen molar-refractivity contribution in [2.24, 2.45) is 0 Å². The third-order valence-electron chi connectivity index (χ3n) is 3.31. The van der Waals surface area contributed by atoms with Crippen LogP contribution in [0.1, 0.15) is 41.8 Å². The zero-order chi connectivity index (χ0) is 15.9. The van der Waals surface area contributed by atoms with E-state index in [4.69, 9.17) is 5.11 Å². The highest BCUT2D eigenvalue weighted by Crippen LogP contribution is 2.26. The van der Waals surface area contributed by atoms with Gasteiger partial charge in [-0.3, -0.25) is 9.59 Å². The van der Waals surface area contributed by atoms with Gasteiger partial charge in [-0.25, -0.2) is 4.39 Å². The molecular formula is C16H18FNO3S. The molecule has 4 nitrogen and oxygen atoms in total. The van der Waals surface area contributed by atoms with E-state index in [0.29, 0.717) is 17.8 Å². The number of hydrogen-bond acceptors (Lipinski definition) is 3. The van der Waals surface area contributed by atoms with Gasteiger partial charge in [0.1, 0.15) is 5.82 Å². The van der Waals surface area contributed by atoms with Gasteiger partial charge in [0.15, 0.2) is 0 Å². The number of amides is 1. The molecule has 6 heteroatoms. The maximum absolute atomic E-state index is 13.1. The van der Waals surface area contributed by atoms with Crippen LogP contribution in [-0.2, 0) is 4.79 Å². The van der Waals surface area contributed by atoms with Gasteiger partial charge < -0.3 is 10.4 Å². The van der Waals surface area contributed by atoms with E-state index in [1.54, 1.807) is 12.1 Å². The summed E-state index contributed by atoms with van der Waals surface area (Å²) in [7, 11) is 0. The van der Waals surface area contributed by atoms with Crippen LogP contribution in [0.5, 0.6) is 0 Å². The summed E-state index contributed by atoms with van der Waals surface area (Å²) in [5.41, 5.74) is 0. The molecule has 1 aromatic carbocycles. The molecule has 0 saturated heterocycles. The third-order valence-corrected chi connectivity index (χ3v) is 4.42. The van der Waals surface area contributed by atoms with Crippen LogP contribution in [0.4, 0.5) is 4.39 Å². The molecule has 2 N–H and O–H groups in total. The number of carbonyl (C=O) groups excluding carboxylic acids is 1. The van der Waals surface area contributed by atoms with Gasteiger partial charge in [0, 0.05) is 17.7 Å². The minimum Gasteiger partial charge on any atom is -0.481 e. The molecule has 1 aromatic heterocycles. The highest BCUT2D eigenvalue weighted by atomic mass is 32.1. The van der Waals surface area contributed by atoms with E-state index >= 15 is 0 Å². The quantitative estimate of drug-likeness (QED) is 0.726. The molecule has 0 radical (unpaired) electrons. The Kier molecular flexibility index (Phi) is 5.89. The number of rotatable bonds is 8.